The molecule has 0 aliphatic rings. The quantitative estimate of drug-likeness (QED) is 0.405. The van der Waals surface area contributed by atoms with Crippen LogP contribution in [0.3, 0.4) is 0 Å². The standard InChI is InChI=1S/C14H22BrNO2.C2H2O4/c1-17-10-5-9-16-8-2-3-11-18-14-7-4-6-13(15)12-14;3-1(4)2(5)6/h4,6-7,12,16H,2-3,5,8-11H2,1H3;(H,3,4)(H,5,6). The molecular weight excluding hydrogens is 382 g/mol. The van der Waals surface area contributed by atoms with Gasteiger partial charge >= 0.3 is 11.9 Å². The normalized spacial score (nSPS) is 9.75. The summed E-state index contributed by atoms with van der Waals surface area (Å²) in [6, 6.07) is 7.95. The summed E-state index contributed by atoms with van der Waals surface area (Å²) in [5, 5.41) is 18.2. The van der Waals surface area contributed by atoms with Crippen molar-refractivity contribution in [2.24, 2.45) is 0 Å². The number of benzene rings is 1. The maximum Gasteiger partial charge on any atom is 0.414 e. The fraction of sp³-hybridized carbons (Fsp3) is 0.500. The Hall–Kier alpha value is -1.64. The minimum atomic E-state index is -1.82. The molecule has 24 heavy (non-hydrogen) atoms. The molecule has 3 N–H and O–H groups in total. The number of aliphatic carboxylic acids is 2. The number of halogens is 1. The minimum absolute atomic E-state index is 0.774. The largest absolute Gasteiger partial charge is 0.494 e. The number of methoxy groups -OCH3 is 1. The zero-order chi connectivity index (χ0) is 18.2. The second-order valence-electron chi connectivity index (χ2n) is 4.72. The minimum Gasteiger partial charge on any atom is -0.494 e. The van der Waals surface area contributed by atoms with E-state index in [0.717, 1.165) is 55.8 Å². The van der Waals surface area contributed by atoms with Crippen molar-refractivity contribution in [3.8, 4) is 5.75 Å². The monoisotopic (exact) mass is 405 g/mol. The summed E-state index contributed by atoms with van der Waals surface area (Å²) < 4.78 is 11.7. The third-order valence-electron chi connectivity index (χ3n) is 2.70. The van der Waals surface area contributed by atoms with Gasteiger partial charge in [-0.15, -0.1) is 0 Å². The van der Waals surface area contributed by atoms with Gasteiger partial charge in [-0.1, -0.05) is 22.0 Å². The van der Waals surface area contributed by atoms with Crippen molar-refractivity contribution in [3.63, 3.8) is 0 Å². The fourth-order valence-corrected chi connectivity index (χ4v) is 1.94. The van der Waals surface area contributed by atoms with Crippen molar-refractivity contribution in [1.82, 2.24) is 5.32 Å². The lowest BCUT2D eigenvalue weighted by molar-refractivity contribution is -0.159. The van der Waals surface area contributed by atoms with Crippen LogP contribution in [0.25, 0.3) is 0 Å². The summed E-state index contributed by atoms with van der Waals surface area (Å²) in [4.78, 5) is 18.2. The number of ether oxygens (including phenoxy) is 2. The molecule has 0 fully saturated rings. The molecule has 0 aromatic heterocycles. The van der Waals surface area contributed by atoms with E-state index in [-0.39, 0.29) is 0 Å². The maximum absolute atomic E-state index is 9.10. The lowest BCUT2D eigenvalue weighted by Gasteiger charge is -2.07. The molecule has 0 spiro atoms. The molecule has 1 aromatic rings. The smallest absolute Gasteiger partial charge is 0.414 e. The van der Waals surface area contributed by atoms with Crippen LogP contribution in [0, 0.1) is 0 Å². The molecule has 0 atom stereocenters. The van der Waals surface area contributed by atoms with E-state index in [1.165, 1.54) is 0 Å². The van der Waals surface area contributed by atoms with E-state index in [4.69, 9.17) is 29.3 Å². The number of unbranched alkanes of at least 4 members (excludes halogenated alkanes) is 1. The van der Waals surface area contributed by atoms with E-state index in [9.17, 15) is 0 Å². The predicted octanol–water partition coefficient (Wildman–Crippen LogP) is 2.39. The number of carbonyl (C=O) groups is 2. The van der Waals surface area contributed by atoms with Crippen molar-refractivity contribution in [2.75, 3.05) is 33.4 Å². The second-order valence-corrected chi connectivity index (χ2v) is 5.64. The lowest BCUT2D eigenvalue weighted by atomic mass is 10.3. The highest BCUT2D eigenvalue weighted by Gasteiger charge is 2.04. The second kappa shape index (κ2) is 14.9. The number of hydrogen-bond donors (Lipinski definition) is 3. The summed E-state index contributed by atoms with van der Waals surface area (Å²) in [5.41, 5.74) is 0. The summed E-state index contributed by atoms with van der Waals surface area (Å²) in [6.07, 6.45) is 3.29. The van der Waals surface area contributed by atoms with E-state index in [2.05, 4.69) is 21.2 Å². The van der Waals surface area contributed by atoms with Gasteiger partial charge in [0.25, 0.3) is 0 Å². The Bertz CT molecular complexity index is 471. The van der Waals surface area contributed by atoms with Gasteiger partial charge in [0, 0.05) is 18.2 Å². The Morgan fingerprint density at radius 3 is 2.33 bits per heavy atom. The van der Waals surface area contributed by atoms with Crippen LogP contribution in [0.15, 0.2) is 28.7 Å². The zero-order valence-electron chi connectivity index (χ0n) is 13.7. The van der Waals surface area contributed by atoms with Crippen LogP contribution >= 0.6 is 15.9 Å². The van der Waals surface area contributed by atoms with Gasteiger partial charge in [-0.3, -0.25) is 0 Å². The van der Waals surface area contributed by atoms with Crippen molar-refractivity contribution < 1.29 is 29.3 Å². The Morgan fingerprint density at radius 2 is 1.75 bits per heavy atom. The first-order valence-electron chi connectivity index (χ1n) is 7.51. The molecule has 0 aliphatic heterocycles. The first-order chi connectivity index (χ1) is 11.5. The highest BCUT2D eigenvalue weighted by Crippen LogP contribution is 2.17. The molecule has 7 nitrogen and oxygen atoms in total. The van der Waals surface area contributed by atoms with Crippen LogP contribution in [0.1, 0.15) is 19.3 Å². The van der Waals surface area contributed by atoms with Crippen molar-refractivity contribution in [3.05, 3.63) is 28.7 Å². The predicted molar refractivity (Wildman–Crippen MR) is 93.5 cm³/mol. The zero-order valence-corrected chi connectivity index (χ0v) is 15.3. The molecule has 0 heterocycles. The highest BCUT2D eigenvalue weighted by atomic mass is 79.9. The van der Waals surface area contributed by atoms with Crippen LogP contribution in [0.2, 0.25) is 0 Å². The van der Waals surface area contributed by atoms with E-state index in [0.29, 0.717) is 0 Å². The number of nitrogens with one attached hydrogen (secondary N) is 1. The molecule has 0 saturated carbocycles. The van der Waals surface area contributed by atoms with Gasteiger partial charge in [-0.2, -0.15) is 0 Å². The highest BCUT2D eigenvalue weighted by molar-refractivity contribution is 9.10. The first-order valence-corrected chi connectivity index (χ1v) is 8.31. The first kappa shape index (κ1) is 22.4. The van der Waals surface area contributed by atoms with Gasteiger partial charge in [-0.25, -0.2) is 9.59 Å². The Morgan fingerprint density at radius 1 is 1.08 bits per heavy atom. The average Bonchev–Trinajstić information content (AvgIpc) is 2.54. The fourth-order valence-electron chi connectivity index (χ4n) is 1.57. The molecular formula is C16H24BrNO6. The van der Waals surface area contributed by atoms with Gasteiger partial charge in [0.1, 0.15) is 5.75 Å². The summed E-state index contributed by atoms with van der Waals surface area (Å²) in [5.74, 6) is -2.72. The van der Waals surface area contributed by atoms with E-state index in [1.807, 2.05) is 24.3 Å². The Balaban J connectivity index is 0.000000754. The van der Waals surface area contributed by atoms with Gasteiger partial charge in [-0.05, 0) is 50.6 Å². The summed E-state index contributed by atoms with van der Waals surface area (Å²) >= 11 is 3.43. The molecule has 0 aliphatic carbocycles. The molecule has 0 unspecified atom stereocenters. The number of rotatable bonds is 10. The molecule has 1 aromatic carbocycles. The Kier molecular flexibility index (Phi) is 13.9. The van der Waals surface area contributed by atoms with E-state index >= 15 is 0 Å². The van der Waals surface area contributed by atoms with Crippen LogP contribution < -0.4 is 10.1 Å². The molecule has 1 rings (SSSR count). The summed E-state index contributed by atoms with van der Waals surface area (Å²) in [6.45, 7) is 3.68. The van der Waals surface area contributed by atoms with E-state index in [1.54, 1.807) is 7.11 Å². The molecule has 8 heteroatoms. The van der Waals surface area contributed by atoms with Crippen LogP contribution in [-0.4, -0.2) is 55.6 Å². The number of carboxylic acids is 2. The molecule has 136 valence electrons. The van der Waals surface area contributed by atoms with Gasteiger partial charge in [0.05, 0.1) is 6.61 Å². The Labute approximate surface area is 150 Å². The number of hydrogen-bond acceptors (Lipinski definition) is 5. The van der Waals surface area contributed by atoms with Crippen molar-refractivity contribution in [1.29, 1.82) is 0 Å². The lowest BCUT2D eigenvalue weighted by Crippen LogP contribution is -2.18. The van der Waals surface area contributed by atoms with Crippen LogP contribution in [0.4, 0.5) is 0 Å². The average molecular weight is 406 g/mol. The van der Waals surface area contributed by atoms with Crippen LogP contribution in [0.5, 0.6) is 5.75 Å². The van der Waals surface area contributed by atoms with Gasteiger partial charge in [0.15, 0.2) is 0 Å². The van der Waals surface area contributed by atoms with E-state index < -0.39 is 11.9 Å². The van der Waals surface area contributed by atoms with Gasteiger partial charge in [0.2, 0.25) is 0 Å². The van der Waals surface area contributed by atoms with Crippen molar-refractivity contribution >= 4 is 27.9 Å². The van der Waals surface area contributed by atoms with Gasteiger partial charge < -0.3 is 25.0 Å². The van der Waals surface area contributed by atoms with Crippen molar-refractivity contribution in [2.45, 2.75) is 19.3 Å². The number of carboxylic acid groups (broad SMARTS) is 2. The molecule has 0 amide bonds. The molecule has 0 radical (unpaired) electrons. The van der Waals surface area contributed by atoms with Crippen LogP contribution in [-0.2, 0) is 14.3 Å². The maximum atomic E-state index is 9.10. The third-order valence-corrected chi connectivity index (χ3v) is 3.19. The molecule has 0 saturated heterocycles. The topological polar surface area (TPSA) is 105 Å². The molecule has 0 bridgehead atoms. The third kappa shape index (κ3) is 14.0. The SMILES string of the molecule is COCCCNCCCCOc1cccc(Br)c1.O=C(O)C(=O)O. The summed E-state index contributed by atoms with van der Waals surface area (Å²) in [7, 11) is 1.74.